The molecule has 0 spiro atoms. The summed E-state index contributed by atoms with van der Waals surface area (Å²) in [5.41, 5.74) is 5.77. The Morgan fingerprint density at radius 1 is 1.17 bits per heavy atom. The minimum atomic E-state index is -0.201. The van der Waals surface area contributed by atoms with Crippen LogP contribution in [0.3, 0.4) is 0 Å². The second-order valence-corrected chi connectivity index (χ2v) is 5.76. The molecule has 6 heteroatoms. The predicted molar refractivity (Wildman–Crippen MR) is 91.5 cm³/mol. The molecule has 0 saturated heterocycles. The van der Waals surface area contributed by atoms with Crippen LogP contribution < -0.4 is 5.43 Å². The van der Waals surface area contributed by atoms with Gasteiger partial charge in [0.2, 0.25) is 0 Å². The first kappa shape index (κ1) is 15.3. The van der Waals surface area contributed by atoms with Gasteiger partial charge in [0, 0.05) is 0 Å². The smallest absolute Gasteiger partial charge is 0.257 e. The highest BCUT2D eigenvalue weighted by molar-refractivity contribution is 7.99. The third-order valence-electron chi connectivity index (χ3n) is 3.14. The predicted octanol–water partition coefficient (Wildman–Crippen LogP) is 3.46. The van der Waals surface area contributed by atoms with Crippen LogP contribution in [0.1, 0.15) is 12.5 Å². The number of fused-ring (bicyclic) bond motifs is 1. The van der Waals surface area contributed by atoms with E-state index in [1.54, 1.807) is 0 Å². The van der Waals surface area contributed by atoms with Gasteiger partial charge >= 0.3 is 0 Å². The molecule has 2 aromatic carbocycles. The van der Waals surface area contributed by atoms with E-state index in [0.29, 0.717) is 10.8 Å². The summed E-state index contributed by atoms with van der Waals surface area (Å²) in [4.78, 5) is 16.2. The Balaban J connectivity index is 1.55. The Hall–Kier alpha value is -2.60. The zero-order valence-corrected chi connectivity index (χ0v) is 13.3. The van der Waals surface area contributed by atoms with Crippen LogP contribution in [0.15, 0.2) is 69.3 Å². The summed E-state index contributed by atoms with van der Waals surface area (Å²) in [7, 11) is 0. The maximum Gasteiger partial charge on any atom is 0.257 e. The van der Waals surface area contributed by atoms with Gasteiger partial charge in [-0.25, -0.2) is 10.4 Å². The third-order valence-corrected chi connectivity index (χ3v) is 3.97. The van der Waals surface area contributed by atoms with Crippen molar-refractivity contribution < 1.29 is 9.21 Å². The van der Waals surface area contributed by atoms with Crippen LogP contribution >= 0.6 is 11.8 Å². The quantitative estimate of drug-likeness (QED) is 0.443. The summed E-state index contributed by atoms with van der Waals surface area (Å²) in [6.45, 7) is 1.85. The maximum atomic E-state index is 11.9. The highest BCUT2D eigenvalue weighted by Gasteiger charge is 2.08. The highest BCUT2D eigenvalue weighted by atomic mass is 32.2. The van der Waals surface area contributed by atoms with E-state index in [1.807, 2.05) is 61.5 Å². The monoisotopic (exact) mass is 325 g/mol. The molecule has 0 atom stereocenters. The normalized spacial score (nSPS) is 11.6. The Morgan fingerprint density at radius 3 is 2.70 bits per heavy atom. The first-order chi connectivity index (χ1) is 11.2. The van der Waals surface area contributed by atoms with Gasteiger partial charge in [0.1, 0.15) is 5.52 Å². The minimum Gasteiger partial charge on any atom is -0.431 e. The molecule has 0 aliphatic rings. The van der Waals surface area contributed by atoms with E-state index in [0.717, 1.165) is 16.8 Å². The fraction of sp³-hybridized carbons (Fsp3) is 0.118. The number of amides is 1. The number of hydrogen-bond donors (Lipinski definition) is 1. The van der Waals surface area contributed by atoms with Crippen molar-refractivity contribution in [1.82, 2.24) is 10.4 Å². The van der Waals surface area contributed by atoms with E-state index in [1.165, 1.54) is 11.8 Å². The number of aromatic nitrogens is 1. The maximum absolute atomic E-state index is 11.9. The van der Waals surface area contributed by atoms with Gasteiger partial charge in [-0.3, -0.25) is 4.79 Å². The Bertz CT molecular complexity index is 810. The number of nitrogens with one attached hydrogen (secondary N) is 1. The summed E-state index contributed by atoms with van der Waals surface area (Å²) in [6, 6.07) is 17.2. The lowest BCUT2D eigenvalue weighted by atomic mass is 10.1. The molecule has 0 aliphatic carbocycles. The number of hydrogen-bond acceptors (Lipinski definition) is 5. The molecule has 0 fully saturated rings. The van der Waals surface area contributed by atoms with Gasteiger partial charge in [-0.05, 0) is 24.6 Å². The average molecular weight is 325 g/mol. The number of hydrazone groups is 1. The topological polar surface area (TPSA) is 67.5 Å². The van der Waals surface area contributed by atoms with E-state index in [2.05, 4.69) is 15.5 Å². The molecule has 3 aromatic rings. The molecule has 0 saturated carbocycles. The first-order valence-corrected chi connectivity index (χ1v) is 8.08. The van der Waals surface area contributed by atoms with E-state index in [-0.39, 0.29) is 11.7 Å². The molecule has 1 amide bonds. The Morgan fingerprint density at radius 2 is 1.91 bits per heavy atom. The zero-order chi connectivity index (χ0) is 16.1. The third kappa shape index (κ3) is 3.98. The van der Waals surface area contributed by atoms with Crippen LogP contribution in [-0.4, -0.2) is 22.4 Å². The number of carbonyl (C=O) groups is 1. The van der Waals surface area contributed by atoms with Gasteiger partial charge in [-0.1, -0.05) is 54.2 Å². The molecule has 1 N–H and O–H groups in total. The van der Waals surface area contributed by atoms with Crippen LogP contribution in [0.2, 0.25) is 0 Å². The summed E-state index contributed by atoms with van der Waals surface area (Å²) in [5.74, 6) is -0.00851. The fourth-order valence-electron chi connectivity index (χ4n) is 1.96. The van der Waals surface area contributed by atoms with E-state index < -0.39 is 0 Å². The van der Waals surface area contributed by atoms with E-state index in [9.17, 15) is 4.79 Å². The minimum absolute atomic E-state index is 0.193. The van der Waals surface area contributed by atoms with Crippen molar-refractivity contribution in [2.45, 2.75) is 12.1 Å². The molecule has 116 valence electrons. The Labute approximate surface area is 137 Å². The lowest BCUT2D eigenvalue weighted by Crippen LogP contribution is -2.21. The number of benzene rings is 2. The summed E-state index contributed by atoms with van der Waals surface area (Å²) >= 11 is 1.24. The molecule has 0 aliphatic heterocycles. The second kappa shape index (κ2) is 7.11. The number of oxazole rings is 1. The molecule has 0 bridgehead atoms. The van der Waals surface area contributed by atoms with Crippen molar-refractivity contribution in [1.29, 1.82) is 0 Å². The fourth-order valence-corrected chi connectivity index (χ4v) is 2.59. The van der Waals surface area contributed by atoms with Gasteiger partial charge in [0.05, 0.1) is 11.5 Å². The van der Waals surface area contributed by atoms with Gasteiger partial charge in [0.15, 0.2) is 5.58 Å². The molecule has 1 aromatic heterocycles. The lowest BCUT2D eigenvalue weighted by Gasteiger charge is -2.01. The number of thioether (sulfide) groups is 1. The lowest BCUT2D eigenvalue weighted by molar-refractivity contribution is -0.118. The second-order valence-electron chi connectivity index (χ2n) is 4.83. The summed E-state index contributed by atoms with van der Waals surface area (Å²) in [6.07, 6.45) is 0. The molecule has 1 heterocycles. The van der Waals surface area contributed by atoms with Crippen molar-refractivity contribution in [3.05, 3.63) is 60.2 Å². The number of nitrogens with zero attached hydrogens (tertiary/aromatic N) is 2. The zero-order valence-electron chi connectivity index (χ0n) is 12.5. The van der Waals surface area contributed by atoms with Crippen LogP contribution in [0.4, 0.5) is 0 Å². The molecule has 5 nitrogen and oxygen atoms in total. The Kier molecular flexibility index (Phi) is 4.73. The largest absolute Gasteiger partial charge is 0.431 e. The molecular weight excluding hydrogens is 310 g/mol. The summed E-state index contributed by atoms with van der Waals surface area (Å²) < 4.78 is 5.55. The summed E-state index contributed by atoms with van der Waals surface area (Å²) in [5, 5.41) is 4.58. The molecule has 0 radical (unpaired) electrons. The SMILES string of the molecule is CC(=NNC(=O)CSc1nc2ccccc2o1)c1ccccc1. The molecule has 3 rings (SSSR count). The van der Waals surface area contributed by atoms with Gasteiger partial charge in [-0.15, -0.1) is 0 Å². The first-order valence-electron chi connectivity index (χ1n) is 7.09. The van der Waals surface area contributed by atoms with Crippen LogP contribution in [0.5, 0.6) is 0 Å². The van der Waals surface area contributed by atoms with E-state index in [4.69, 9.17) is 4.42 Å². The van der Waals surface area contributed by atoms with Crippen LogP contribution in [-0.2, 0) is 4.79 Å². The number of rotatable bonds is 5. The molecule has 0 unspecified atom stereocenters. The van der Waals surface area contributed by atoms with Crippen molar-refractivity contribution in [3.8, 4) is 0 Å². The number of carbonyl (C=O) groups excluding carboxylic acids is 1. The average Bonchev–Trinajstić information content (AvgIpc) is 3.01. The molecule has 23 heavy (non-hydrogen) atoms. The molecular formula is C17H15N3O2S. The van der Waals surface area contributed by atoms with Crippen LogP contribution in [0, 0.1) is 0 Å². The number of para-hydroxylation sites is 2. The van der Waals surface area contributed by atoms with Gasteiger partial charge in [-0.2, -0.15) is 5.10 Å². The van der Waals surface area contributed by atoms with E-state index >= 15 is 0 Å². The van der Waals surface area contributed by atoms with Crippen molar-refractivity contribution >= 4 is 34.5 Å². The highest BCUT2D eigenvalue weighted by Crippen LogP contribution is 2.22. The van der Waals surface area contributed by atoms with Gasteiger partial charge in [0.25, 0.3) is 11.1 Å². The van der Waals surface area contributed by atoms with Crippen molar-refractivity contribution in [3.63, 3.8) is 0 Å². The van der Waals surface area contributed by atoms with Crippen LogP contribution in [0.25, 0.3) is 11.1 Å². The van der Waals surface area contributed by atoms with Crippen molar-refractivity contribution in [2.24, 2.45) is 5.10 Å². The standard InChI is InChI=1S/C17H15N3O2S/c1-12(13-7-3-2-4-8-13)19-20-16(21)11-23-17-18-14-9-5-6-10-15(14)22-17/h2-10H,11H2,1H3,(H,20,21). The van der Waals surface area contributed by atoms with Crippen molar-refractivity contribution in [2.75, 3.05) is 5.75 Å². The van der Waals surface area contributed by atoms with Gasteiger partial charge < -0.3 is 4.42 Å².